The minimum absolute atomic E-state index is 0.0778. The highest BCUT2D eigenvalue weighted by molar-refractivity contribution is 7.89. The van der Waals surface area contributed by atoms with E-state index in [0.717, 1.165) is 55.1 Å². The molecule has 0 spiro atoms. The Balaban J connectivity index is 1.37. The van der Waals surface area contributed by atoms with Crippen molar-refractivity contribution in [2.75, 3.05) is 25.5 Å². The Morgan fingerprint density at radius 3 is 2.58 bits per heavy atom. The number of methoxy groups -OCH3 is 1. The second kappa shape index (κ2) is 8.83. The molecular weight excluding hydrogens is 440 g/mol. The largest absolute Gasteiger partial charge is 0.495 e. The third-order valence-corrected chi connectivity index (χ3v) is 8.52. The second-order valence-electron chi connectivity index (χ2n) is 8.79. The molecule has 8 heteroatoms. The van der Waals surface area contributed by atoms with Crippen molar-refractivity contribution in [2.24, 2.45) is 0 Å². The summed E-state index contributed by atoms with van der Waals surface area (Å²) in [6, 6.07) is 8.96. The molecule has 0 saturated carbocycles. The number of amides is 1. The Labute approximate surface area is 193 Å². The smallest absolute Gasteiger partial charge is 0.246 e. The Morgan fingerprint density at radius 2 is 1.82 bits per heavy atom. The number of rotatable bonds is 6. The first kappa shape index (κ1) is 22.0. The van der Waals surface area contributed by atoms with Gasteiger partial charge in [-0.25, -0.2) is 8.42 Å². The average molecular weight is 469 g/mol. The van der Waals surface area contributed by atoms with Gasteiger partial charge in [0.1, 0.15) is 16.2 Å². The van der Waals surface area contributed by atoms with Crippen LogP contribution in [0.3, 0.4) is 0 Å². The van der Waals surface area contributed by atoms with Crippen LogP contribution in [0.5, 0.6) is 5.75 Å². The van der Waals surface area contributed by atoms with E-state index < -0.39 is 10.0 Å². The summed E-state index contributed by atoms with van der Waals surface area (Å²) < 4.78 is 39.0. The molecule has 174 valence electrons. The zero-order chi connectivity index (χ0) is 23.0. The minimum Gasteiger partial charge on any atom is -0.495 e. The number of hydrogen-bond donors (Lipinski definition) is 1. The zero-order valence-electron chi connectivity index (χ0n) is 18.7. The Hall–Kier alpha value is -2.84. The first-order valence-corrected chi connectivity index (χ1v) is 12.9. The fourth-order valence-corrected chi connectivity index (χ4v) is 6.56. The third-order valence-electron chi connectivity index (χ3n) is 6.60. The van der Waals surface area contributed by atoms with E-state index in [4.69, 9.17) is 9.15 Å². The number of hydrogen-bond acceptors (Lipinski definition) is 5. The number of ether oxygens (including phenoxy) is 1. The standard InChI is InChI=1S/C25H28N2O5S/c1-31-22-9-8-20(15-24(22)33(29,30)27-10-3-2-4-11-27)26-25(28)14-19-16-32-23-13-18-7-5-6-17(18)12-21(19)23/h8-9,12-13,15-16H,2-7,10-11,14H2,1H3,(H,26,28). The predicted octanol–water partition coefficient (Wildman–Crippen LogP) is 4.29. The molecule has 1 saturated heterocycles. The number of nitrogens with one attached hydrogen (secondary N) is 1. The van der Waals surface area contributed by atoms with E-state index in [1.165, 1.54) is 28.6 Å². The molecule has 1 aliphatic carbocycles. The van der Waals surface area contributed by atoms with Gasteiger partial charge in [-0.3, -0.25) is 4.79 Å². The summed E-state index contributed by atoms with van der Waals surface area (Å²) in [4.78, 5) is 12.9. The highest BCUT2D eigenvalue weighted by Gasteiger charge is 2.29. The fourth-order valence-electron chi connectivity index (χ4n) is 4.86. The highest BCUT2D eigenvalue weighted by atomic mass is 32.2. The van der Waals surface area contributed by atoms with Gasteiger partial charge in [-0.2, -0.15) is 4.31 Å². The number of fused-ring (bicyclic) bond motifs is 2. The van der Waals surface area contributed by atoms with Gasteiger partial charge in [0.25, 0.3) is 0 Å². The third kappa shape index (κ3) is 4.25. The molecule has 3 aromatic rings. The molecule has 1 aromatic heterocycles. The maximum absolute atomic E-state index is 13.2. The van der Waals surface area contributed by atoms with Gasteiger partial charge in [-0.05, 0) is 73.6 Å². The van der Waals surface area contributed by atoms with E-state index >= 15 is 0 Å². The van der Waals surface area contributed by atoms with Gasteiger partial charge in [-0.1, -0.05) is 6.42 Å². The van der Waals surface area contributed by atoms with Crippen LogP contribution in [0.15, 0.2) is 45.9 Å². The summed E-state index contributed by atoms with van der Waals surface area (Å²) in [7, 11) is -2.26. The molecule has 7 nitrogen and oxygen atoms in total. The number of furan rings is 1. The van der Waals surface area contributed by atoms with E-state index in [1.54, 1.807) is 18.4 Å². The van der Waals surface area contributed by atoms with E-state index in [-0.39, 0.29) is 23.0 Å². The maximum Gasteiger partial charge on any atom is 0.246 e. The molecule has 1 amide bonds. The summed E-state index contributed by atoms with van der Waals surface area (Å²) in [6.07, 6.45) is 7.79. The van der Waals surface area contributed by atoms with Crippen molar-refractivity contribution in [3.05, 3.63) is 53.3 Å². The molecule has 2 aliphatic rings. The molecule has 1 N–H and O–H groups in total. The van der Waals surface area contributed by atoms with Gasteiger partial charge in [0.05, 0.1) is 19.8 Å². The van der Waals surface area contributed by atoms with Crippen LogP contribution in [0.2, 0.25) is 0 Å². The number of carbonyl (C=O) groups excluding carboxylic acids is 1. The number of piperidine rings is 1. The number of carbonyl (C=O) groups is 1. The molecule has 0 radical (unpaired) electrons. The van der Waals surface area contributed by atoms with Crippen LogP contribution in [0.4, 0.5) is 5.69 Å². The van der Waals surface area contributed by atoms with E-state index in [9.17, 15) is 13.2 Å². The molecule has 0 atom stereocenters. The minimum atomic E-state index is -3.71. The molecule has 33 heavy (non-hydrogen) atoms. The lowest BCUT2D eigenvalue weighted by Crippen LogP contribution is -2.35. The summed E-state index contributed by atoms with van der Waals surface area (Å²) in [5, 5.41) is 3.81. The molecule has 0 unspecified atom stereocenters. The SMILES string of the molecule is COc1ccc(NC(=O)Cc2coc3cc4c(cc23)CCC4)cc1S(=O)(=O)N1CCCCC1. The van der Waals surface area contributed by atoms with Gasteiger partial charge in [-0.15, -0.1) is 0 Å². The van der Waals surface area contributed by atoms with Gasteiger partial charge >= 0.3 is 0 Å². The Kier molecular flexibility index (Phi) is 5.88. The van der Waals surface area contributed by atoms with Crippen LogP contribution in [-0.2, 0) is 34.1 Å². The topological polar surface area (TPSA) is 88.8 Å². The Bertz CT molecular complexity index is 1310. The monoisotopic (exact) mass is 468 g/mol. The van der Waals surface area contributed by atoms with Crippen molar-refractivity contribution in [3.63, 3.8) is 0 Å². The summed E-state index contributed by atoms with van der Waals surface area (Å²) in [6.45, 7) is 0.999. The number of benzene rings is 2. The van der Waals surface area contributed by atoms with Crippen LogP contribution in [0.1, 0.15) is 42.4 Å². The maximum atomic E-state index is 13.2. The van der Waals surface area contributed by atoms with Crippen molar-refractivity contribution >= 4 is 32.6 Å². The molecule has 1 aliphatic heterocycles. The van der Waals surface area contributed by atoms with Crippen molar-refractivity contribution in [1.29, 1.82) is 0 Å². The molecule has 1 fully saturated rings. The molecule has 0 bridgehead atoms. The molecule has 2 heterocycles. The van der Waals surface area contributed by atoms with E-state index in [1.807, 2.05) is 0 Å². The quantitative estimate of drug-likeness (QED) is 0.583. The lowest BCUT2D eigenvalue weighted by molar-refractivity contribution is -0.115. The number of aryl methyl sites for hydroxylation is 2. The van der Waals surface area contributed by atoms with Gasteiger partial charge in [0.15, 0.2) is 0 Å². The number of sulfonamides is 1. The van der Waals surface area contributed by atoms with Crippen molar-refractivity contribution in [2.45, 2.75) is 49.8 Å². The highest BCUT2D eigenvalue weighted by Crippen LogP contribution is 2.32. The van der Waals surface area contributed by atoms with Crippen molar-refractivity contribution in [1.82, 2.24) is 4.31 Å². The lowest BCUT2D eigenvalue weighted by Gasteiger charge is -2.26. The molecular formula is C25H28N2O5S. The van der Waals surface area contributed by atoms with Crippen LogP contribution in [-0.4, -0.2) is 38.8 Å². The molecule has 5 rings (SSSR count). The second-order valence-corrected chi connectivity index (χ2v) is 10.7. The first-order chi connectivity index (χ1) is 16.0. The molecule has 2 aromatic carbocycles. The van der Waals surface area contributed by atoms with Gasteiger partial charge < -0.3 is 14.5 Å². The van der Waals surface area contributed by atoms with E-state index in [2.05, 4.69) is 17.4 Å². The number of nitrogens with zero attached hydrogens (tertiary/aromatic N) is 1. The summed E-state index contributed by atoms with van der Waals surface area (Å²) in [5.74, 6) is 0.0398. The van der Waals surface area contributed by atoms with Gasteiger partial charge in [0.2, 0.25) is 15.9 Å². The zero-order valence-corrected chi connectivity index (χ0v) is 19.5. The normalized spacial score (nSPS) is 16.6. The summed E-state index contributed by atoms with van der Waals surface area (Å²) >= 11 is 0. The Morgan fingerprint density at radius 1 is 1.06 bits per heavy atom. The first-order valence-electron chi connectivity index (χ1n) is 11.5. The van der Waals surface area contributed by atoms with Crippen LogP contribution >= 0.6 is 0 Å². The lowest BCUT2D eigenvalue weighted by atomic mass is 10.0. The fraction of sp³-hybridized carbons (Fsp3) is 0.400. The van der Waals surface area contributed by atoms with Crippen LogP contribution in [0.25, 0.3) is 11.0 Å². The van der Waals surface area contributed by atoms with Crippen molar-refractivity contribution < 1.29 is 22.4 Å². The van der Waals surface area contributed by atoms with E-state index in [0.29, 0.717) is 18.8 Å². The van der Waals surface area contributed by atoms with Crippen LogP contribution in [0, 0.1) is 0 Å². The summed E-state index contributed by atoms with van der Waals surface area (Å²) in [5.41, 5.74) is 4.71. The average Bonchev–Trinajstić information content (AvgIpc) is 3.44. The predicted molar refractivity (Wildman–Crippen MR) is 126 cm³/mol. The van der Waals surface area contributed by atoms with Crippen LogP contribution < -0.4 is 10.1 Å². The van der Waals surface area contributed by atoms with Gasteiger partial charge in [0, 0.05) is 29.7 Å². The number of anilines is 1. The van der Waals surface area contributed by atoms with Crippen molar-refractivity contribution in [3.8, 4) is 5.75 Å².